The second-order valence-electron chi connectivity index (χ2n) is 7.65. The van der Waals surface area contributed by atoms with Gasteiger partial charge in [0, 0.05) is 6.42 Å². The van der Waals surface area contributed by atoms with Crippen LogP contribution in [0.4, 0.5) is 5.95 Å². The molecule has 0 aliphatic rings. The Morgan fingerprint density at radius 3 is 2.57 bits per heavy atom. The summed E-state index contributed by atoms with van der Waals surface area (Å²) in [4.78, 5) is 32.8. The van der Waals surface area contributed by atoms with Crippen molar-refractivity contribution in [3.05, 3.63) is 54.1 Å². The molecule has 7 heteroatoms. The zero-order valence-corrected chi connectivity index (χ0v) is 17.6. The Balaban J connectivity index is 1.62. The number of hydrogen-bond donors (Lipinski definition) is 3. The van der Waals surface area contributed by atoms with Crippen molar-refractivity contribution >= 4 is 28.8 Å². The number of carbonyl (C=O) groups excluding carboxylic acids is 2. The Bertz CT molecular complexity index is 979. The van der Waals surface area contributed by atoms with Gasteiger partial charge < -0.3 is 15.0 Å². The molecule has 0 spiro atoms. The van der Waals surface area contributed by atoms with E-state index in [9.17, 15) is 9.59 Å². The zero-order valence-electron chi connectivity index (χ0n) is 17.6. The summed E-state index contributed by atoms with van der Waals surface area (Å²) in [5, 5.41) is 5.67. The van der Waals surface area contributed by atoms with E-state index in [1.54, 1.807) is 7.11 Å². The smallest absolute Gasteiger partial charge is 0.249 e. The lowest BCUT2D eigenvalue weighted by Gasteiger charge is -2.19. The SMILES string of the molecule is COc1ccccc1CCC(=O)N[C@H](CC(C)C)C(=O)Nc1nc2ccccc2[nH]1. The number of amides is 2. The molecule has 3 N–H and O–H groups in total. The molecular formula is C23H28N4O3. The number of benzene rings is 2. The van der Waals surface area contributed by atoms with Gasteiger partial charge in [0.1, 0.15) is 11.8 Å². The van der Waals surface area contributed by atoms with E-state index >= 15 is 0 Å². The first-order chi connectivity index (χ1) is 14.5. The summed E-state index contributed by atoms with van der Waals surface area (Å²) < 4.78 is 5.33. The summed E-state index contributed by atoms with van der Waals surface area (Å²) in [5.74, 6) is 0.913. The highest BCUT2D eigenvalue weighted by atomic mass is 16.5. The van der Waals surface area contributed by atoms with Crippen LogP contribution in [0.3, 0.4) is 0 Å². The normalized spacial score (nSPS) is 12.0. The molecule has 0 saturated heterocycles. The molecule has 0 bridgehead atoms. The molecule has 158 valence electrons. The maximum Gasteiger partial charge on any atom is 0.249 e. The second-order valence-corrected chi connectivity index (χ2v) is 7.65. The molecule has 0 radical (unpaired) electrons. The van der Waals surface area contributed by atoms with Crippen LogP contribution in [0, 0.1) is 5.92 Å². The fourth-order valence-electron chi connectivity index (χ4n) is 3.34. The average molecular weight is 409 g/mol. The third-order valence-electron chi connectivity index (χ3n) is 4.80. The fourth-order valence-corrected chi connectivity index (χ4v) is 3.34. The first-order valence-corrected chi connectivity index (χ1v) is 10.1. The van der Waals surface area contributed by atoms with Crippen LogP contribution >= 0.6 is 0 Å². The summed E-state index contributed by atoms with van der Waals surface area (Å²) in [5.41, 5.74) is 2.57. The van der Waals surface area contributed by atoms with Crippen molar-refractivity contribution in [1.29, 1.82) is 0 Å². The Labute approximate surface area is 176 Å². The topological polar surface area (TPSA) is 96.1 Å². The van der Waals surface area contributed by atoms with Crippen molar-refractivity contribution in [2.75, 3.05) is 12.4 Å². The van der Waals surface area contributed by atoms with Crippen molar-refractivity contribution in [2.45, 2.75) is 39.2 Å². The van der Waals surface area contributed by atoms with Crippen molar-refractivity contribution in [3.63, 3.8) is 0 Å². The summed E-state index contributed by atoms with van der Waals surface area (Å²) in [6, 6.07) is 14.5. The number of methoxy groups -OCH3 is 1. The Hall–Kier alpha value is -3.35. The number of nitrogens with one attached hydrogen (secondary N) is 3. The van der Waals surface area contributed by atoms with Gasteiger partial charge >= 0.3 is 0 Å². The quantitative estimate of drug-likeness (QED) is 0.503. The third-order valence-corrected chi connectivity index (χ3v) is 4.80. The zero-order chi connectivity index (χ0) is 21.5. The van der Waals surface area contributed by atoms with Crippen molar-refractivity contribution in [1.82, 2.24) is 15.3 Å². The number of ether oxygens (including phenoxy) is 1. The van der Waals surface area contributed by atoms with Crippen molar-refractivity contribution < 1.29 is 14.3 Å². The molecule has 0 aliphatic carbocycles. The van der Waals surface area contributed by atoms with Gasteiger partial charge in [0.2, 0.25) is 17.8 Å². The second kappa shape index (κ2) is 9.91. The molecule has 1 aromatic heterocycles. The average Bonchev–Trinajstić information content (AvgIpc) is 3.13. The molecule has 3 rings (SSSR count). The number of aromatic amines is 1. The predicted octanol–water partition coefficient (Wildman–Crippen LogP) is 3.67. The standard InChI is InChI=1S/C23H28N4O3/c1-15(2)14-19(22(29)27-23-25-17-9-5-6-10-18(17)26-23)24-21(28)13-12-16-8-4-7-11-20(16)30-3/h4-11,15,19H,12-14H2,1-3H3,(H,24,28)(H2,25,26,27,29)/t19-/m1/s1. The highest BCUT2D eigenvalue weighted by molar-refractivity contribution is 5.97. The van der Waals surface area contributed by atoms with Gasteiger partial charge in [-0.15, -0.1) is 0 Å². The number of rotatable bonds is 9. The fraction of sp³-hybridized carbons (Fsp3) is 0.348. The minimum atomic E-state index is -0.636. The van der Waals surface area contributed by atoms with Crippen molar-refractivity contribution in [2.24, 2.45) is 5.92 Å². The molecular weight excluding hydrogens is 380 g/mol. The van der Waals surface area contributed by atoms with Crippen molar-refractivity contribution in [3.8, 4) is 5.75 Å². The van der Waals surface area contributed by atoms with E-state index in [1.165, 1.54) is 0 Å². The number of H-pyrrole nitrogens is 1. The van der Waals surface area contributed by atoms with E-state index in [0.29, 0.717) is 18.8 Å². The maximum absolute atomic E-state index is 12.8. The predicted molar refractivity (Wildman–Crippen MR) is 117 cm³/mol. The van der Waals surface area contributed by atoms with Gasteiger partial charge in [-0.1, -0.05) is 44.2 Å². The van der Waals surface area contributed by atoms with Crippen LogP contribution in [-0.4, -0.2) is 34.9 Å². The van der Waals surface area contributed by atoms with Gasteiger partial charge in [-0.2, -0.15) is 0 Å². The van der Waals surface area contributed by atoms with Gasteiger partial charge in [-0.05, 0) is 42.5 Å². The van der Waals surface area contributed by atoms with Crippen LogP contribution in [-0.2, 0) is 16.0 Å². The molecule has 2 aromatic carbocycles. The molecule has 2 amide bonds. The number of carbonyl (C=O) groups is 2. The molecule has 3 aromatic rings. The van der Waals surface area contributed by atoms with Crippen LogP contribution in [0.15, 0.2) is 48.5 Å². The minimum absolute atomic E-state index is 0.175. The van der Waals surface area contributed by atoms with E-state index in [0.717, 1.165) is 22.3 Å². The highest BCUT2D eigenvalue weighted by Gasteiger charge is 2.23. The molecule has 7 nitrogen and oxygen atoms in total. The van der Waals surface area contributed by atoms with Crippen LogP contribution in [0.25, 0.3) is 11.0 Å². The molecule has 30 heavy (non-hydrogen) atoms. The van der Waals surface area contributed by atoms with Crippen LogP contribution in [0.2, 0.25) is 0 Å². The van der Waals surface area contributed by atoms with E-state index in [2.05, 4.69) is 20.6 Å². The maximum atomic E-state index is 12.8. The number of fused-ring (bicyclic) bond motifs is 1. The van der Waals surface area contributed by atoms with E-state index in [1.807, 2.05) is 62.4 Å². The Morgan fingerprint density at radius 2 is 1.83 bits per heavy atom. The lowest BCUT2D eigenvalue weighted by atomic mass is 10.0. The molecule has 0 aliphatic heterocycles. The van der Waals surface area contributed by atoms with Gasteiger partial charge in [0.05, 0.1) is 18.1 Å². The number of para-hydroxylation sites is 3. The number of aromatic nitrogens is 2. The number of hydrogen-bond acceptors (Lipinski definition) is 4. The monoisotopic (exact) mass is 408 g/mol. The summed E-state index contributed by atoms with van der Waals surface area (Å²) in [6.07, 6.45) is 1.34. The minimum Gasteiger partial charge on any atom is -0.496 e. The molecule has 0 fully saturated rings. The lowest BCUT2D eigenvalue weighted by Crippen LogP contribution is -2.44. The highest BCUT2D eigenvalue weighted by Crippen LogP contribution is 2.19. The molecule has 1 atom stereocenters. The number of imidazole rings is 1. The Morgan fingerprint density at radius 1 is 1.10 bits per heavy atom. The number of aryl methyl sites for hydroxylation is 1. The molecule has 1 heterocycles. The van der Waals surface area contributed by atoms with Crippen LogP contribution < -0.4 is 15.4 Å². The van der Waals surface area contributed by atoms with Crippen LogP contribution in [0.1, 0.15) is 32.3 Å². The first-order valence-electron chi connectivity index (χ1n) is 10.1. The van der Waals surface area contributed by atoms with Gasteiger partial charge in [0.15, 0.2) is 0 Å². The van der Waals surface area contributed by atoms with Gasteiger partial charge in [-0.25, -0.2) is 4.98 Å². The van der Waals surface area contributed by atoms with E-state index in [-0.39, 0.29) is 24.2 Å². The Kier molecular flexibility index (Phi) is 7.06. The summed E-state index contributed by atoms with van der Waals surface area (Å²) >= 11 is 0. The first kappa shape index (κ1) is 21.4. The molecule has 0 saturated carbocycles. The largest absolute Gasteiger partial charge is 0.496 e. The lowest BCUT2D eigenvalue weighted by molar-refractivity contribution is -0.126. The summed E-state index contributed by atoms with van der Waals surface area (Å²) in [7, 11) is 1.61. The molecule has 0 unspecified atom stereocenters. The third kappa shape index (κ3) is 5.59. The summed E-state index contributed by atoms with van der Waals surface area (Å²) in [6.45, 7) is 4.03. The van der Waals surface area contributed by atoms with Gasteiger partial charge in [-0.3, -0.25) is 14.9 Å². The van der Waals surface area contributed by atoms with E-state index in [4.69, 9.17) is 4.74 Å². The van der Waals surface area contributed by atoms with E-state index < -0.39 is 6.04 Å². The number of nitrogens with zero attached hydrogens (tertiary/aromatic N) is 1. The van der Waals surface area contributed by atoms with Gasteiger partial charge in [0.25, 0.3) is 0 Å². The van der Waals surface area contributed by atoms with Crippen LogP contribution in [0.5, 0.6) is 5.75 Å². The number of anilines is 1.